The minimum absolute atomic E-state index is 0.170. The number of amides is 4. The van der Waals surface area contributed by atoms with Crippen LogP contribution in [0, 0.1) is 6.92 Å². The molecule has 0 N–H and O–H groups in total. The number of rotatable bonds is 4. The Morgan fingerprint density at radius 3 is 2.17 bits per heavy atom. The highest BCUT2D eigenvalue weighted by Crippen LogP contribution is 2.15. The minimum Gasteiger partial charge on any atom is -0.338 e. The summed E-state index contributed by atoms with van der Waals surface area (Å²) in [4.78, 5) is 53.0. The number of likely N-dealkylation sites (tertiary alicyclic amines) is 1. The molecular weight excluding hydrogens is 386 g/mol. The maximum absolute atomic E-state index is 12.9. The van der Waals surface area contributed by atoms with Crippen LogP contribution in [0.4, 0.5) is 0 Å². The van der Waals surface area contributed by atoms with Crippen molar-refractivity contribution in [1.82, 2.24) is 24.5 Å². The highest BCUT2D eigenvalue weighted by molar-refractivity contribution is 6.04. The van der Waals surface area contributed by atoms with E-state index in [4.69, 9.17) is 0 Å². The molecule has 2 aromatic rings. The molecule has 0 spiro atoms. The lowest BCUT2D eigenvalue weighted by atomic mass is 10.2. The lowest BCUT2D eigenvalue weighted by molar-refractivity contribution is -0.146. The van der Waals surface area contributed by atoms with Gasteiger partial charge in [0.1, 0.15) is 6.54 Å². The van der Waals surface area contributed by atoms with E-state index in [-0.39, 0.29) is 43.0 Å². The summed E-state index contributed by atoms with van der Waals surface area (Å²) in [5.41, 5.74) is 2.11. The van der Waals surface area contributed by atoms with Crippen molar-refractivity contribution in [1.29, 1.82) is 0 Å². The summed E-state index contributed by atoms with van der Waals surface area (Å²) in [6.07, 6.45) is 0.340. The average molecular weight is 409 g/mol. The van der Waals surface area contributed by atoms with E-state index in [9.17, 15) is 19.2 Å². The fourth-order valence-electron chi connectivity index (χ4n) is 3.76. The first-order valence-corrected chi connectivity index (χ1v) is 9.96. The molecule has 3 heterocycles. The summed E-state index contributed by atoms with van der Waals surface area (Å²) >= 11 is 0. The van der Waals surface area contributed by atoms with Crippen molar-refractivity contribution in [2.45, 2.75) is 19.8 Å². The molecule has 1 aromatic carbocycles. The molecule has 9 heteroatoms. The average Bonchev–Trinajstić information content (AvgIpc) is 3.31. The Labute approximate surface area is 173 Å². The summed E-state index contributed by atoms with van der Waals surface area (Å²) in [5.74, 6) is -1.04. The first-order chi connectivity index (χ1) is 14.4. The van der Waals surface area contributed by atoms with Gasteiger partial charge in [0.25, 0.3) is 5.91 Å². The van der Waals surface area contributed by atoms with Gasteiger partial charge in [-0.25, -0.2) is 4.68 Å². The Balaban J connectivity index is 1.36. The molecule has 0 saturated carbocycles. The second kappa shape index (κ2) is 8.10. The van der Waals surface area contributed by atoms with Crippen LogP contribution in [0.15, 0.2) is 36.4 Å². The molecule has 0 radical (unpaired) electrons. The highest BCUT2D eigenvalue weighted by Gasteiger charge is 2.33. The number of aromatic nitrogens is 2. The quantitative estimate of drug-likeness (QED) is 0.690. The van der Waals surface area contributed by atoms with Crippen LogP contribution in [0.3, 0.4) is 0 Å². The fraction of sp³-hybridized carbons (Fsp3) is 0.381. The van der Waals surface area contributed by atoms with Crippen molar-refractivity contribution in [3.05, 3.63) is 47.8 Å². The normalized spacial score (nSPS) is 17.0. The van der Waals surface area contributed by atoms with Crippen molar-refractivity contribution >= 4 is 23.6 Å². The van der Waals surface area contributed by atoms with Gasteiger partial charge in [0.15, 0.2) is 5.69 Å². The molecule has 4 amide bonds. The van der Waals surface area contributed by atoms with Crippen LogP contribution < -0.4 is 0 Å². The molecular formula is C21H23N5O4. The van der Waals surface area contributed by atoms with Crippen molar-refractivity contribution < 1.29 is 19.2 Å². The lowest BCUT2D eigenvalue weighted by Crippen LogP contribution is -2.53. The number of benzene rings is 1. The van der Waals surface area contributed by atoms with E-state index in [1.807, 2.05) is 37.3 Å². The molecule has 30 heavy (non-hydrogen) atoms. The second-order valence-corrected chi connectivity index (χ2v) is 7.46. The van der Waals surface area contributed by atoms with Crippen molar-refractivity contribution in [3.63, 3.8) is 0 Å². The fourth-order valence-corrected chi connectivity index (χ4v) is 3.76. The van der Waals surface area contributed by atoms with Gasteiger partial charge in [-0.1, -0.05) is 18.2 Å². The van der Waals surface area contributed by atoms with E-state index in [2.05, 4.69) is 5.10 Å². The third kappa shape index (κ3) is 3.83. The predicted molar refractivity (Wildman–Crippen MR) is 107 cm³/mol. The lowest BCUT2D eigenvalue weighted by Gasteiger charge is -2.35. The smallest absolute Gasteiger partial charge is 0.274 e. The van der Waals surface area contributed by atoms with Gasteiger partial charge < -0.3 is 9.80 Å². The molecule has 9 nitrogen and oxygen atoms in total. The van der Waals surface area contributed by atoms with Crippen LogP contribution in [0.25, 0.3) is 5.69 Å². The molecule has 1 aromatic heterocycles. The topological polar surface area (TPSA) is 95.8 Å². The van der Waals surface area contributed by atoms with Gasteiger partial charge in [-0.05, 0) is 25.1 Å². The van der Waals surface area contributed by atoms with Crippen LogP contribution >= 0.6 is 0 Å². The third-order valence-corrected chi connectivity index (χ3v) is 5.48. The van der Waals surface area contributed by atoms with Gasteiger partial charge in [-0.15, -0.1) is 0 Å². The number of hydrogen-bond acceptors (Lipinski definition) is 5. The Morgan fingerprint density at radius 2 is 1.53 bits per heavy atom. The molecule has 2 aliphatic heterocycles. The zero-order valence-corrected chi connectivity index (χ0v) is 16.8. The number of carbonyl (C=O) groups is 4. The van der Waals surface area contributed by atoms with E-state index in [1.54, 1.807) is 20.5 Å². The molecule has 2 aliphatic rings. The van der Waals surface area contributed by atoms with E-state index in [0.29, 0.717) is 31.9 Å². The summed E-state index contributed by atoms with van der Waals surface area (Å²) < 4.78 is 1.73. The van der Waals surface area contributed by atoms with Crippen LogP contribution in [0.2, 0.25) is 0 Å². The Morgan fingerprint density at radius 1 is 0.933 bits per heavy atom. The number of piperazine rings is 1. The van der Waals surface area contributed by atoms with Gasteiger partial charge in [0.05, 0.1) is 5.69 Å². The van der Waals surface area contributed by atoms with Crippen molar-refractivity contribution in [2.24, 2.45) is 0 Å². The van der Waals surface area contributed by atoms with Crippen LogP contribution in [-0.2, 0) is 14.4 Å². The second-order valence-electron chi connectivity index (χ2n) is 7.46. The van der Waals surface area contributed by atoms with Crippen LogP contribution in [0.1, 0.15) is 29.0 Å². The Bertz CT molecular complexity index is 976. The van der Waals surface area contributed by atoms with Gasteiger partial charge in [-0.2, -0.15) is 5.10 Å². The third-order valence-electron chi connectivity index (χ3n) is 5.48. The molecule has 2 fully saturated rings. The first kappa shape index (κ1) is 19.8. The number of imide groups is 1. The molecule has 2 saturated heterocycles. The summed E-state index contributed by atoms with van der Waals surface area (Å²) in [6.45, 7) is 3.16. The predicted octanol–water partition coefficient (Wildman–Crippen LogP) is 0.614. The minimum atomic E-state index is -0.300. The Hall–Kier alpha value is -3.49. The van der Waals surface area contributed by atoms with E-state index < -0.39 is 0 Å². The van der Waals surface area contributed by atoms with Crippen LogP contribution in [0.5, 0.6) is 0 Å². The number of para-hydroxylation sites is 1. The molecule has 4 rings (SSSR count). The van der Waals surface area contributed by atoms with Gasteiger partial charge in [0.2, 0.25) is 17.7 Å². The Kier molecular flexibility index (Phi) is 5.35. The van der Waals surface area contributed by atoms with E-state index in [1.165, 1.54) is 0 Å². The summed E-state index contributed by atoms with van der Waals surface area (Å²) in [5, 5.41) is 4.46. The largest absolute Gasteiger partial charge is 0.338 e. The summed E-state index contributed by atoms with van der Waals surface area (Å²) in [7, 11) is 0. The zero-order valence-electron chi connectivity index (χ0n) is 16.8. The van der Waals surface area contributed by atoms with Crippen LogP contribution in [-0.4, -0.2) is 80.8 Å². The number of nitrogens with zero attached hydrogens (tertiary/aromatic N) is 5. The molecule has 0 atom stereocenters. The monoisotopic (exact) mass is 409 g/mol. The highest BCUT2D eigenvalue weighted by atomic mass is 16.2. The van der Waals surface area contributed by atoms with E-state index in [0.717, 1.165) is 16.3 Å². The molecule has 0 bridgehead atoms. The molecule has 0 unspecified atom stereocenters. The van der Waals surface area contributed by atoms with Gasteiger partial charge >= 0.3 is 0 Å². The summed E-state index contributed by atoms with van der Waals surface area (Å²) in [6, 6.07) is 11.4. The van der Waals surface area contributed by atoms with Gasteiger partial charge in [-0.3, -0.25) is 24.1 Å². The molecule has 156 valence electrons. The van der Waals surface area contributed by atoms with Crippen molar-refractivity contribution in [2.75, 3.05) is 32.7 Å². The maximum atomic E-state index is 12.9. The zero-order chi connectivity index (χ0) is 21.3. The first-order valence-electron chi connectivity index (χ1n) is 9.96. The number of hydrogen-bond donors (Lipinski definition) is 0. The van der Waals surface area contributed by atoms with Gasteiger partial charge in [0, 0.05) is 44.7 Å². The van der Waals surface area contributed by atoms with E-state index >= 15 is 0 Å². The maximum Gasteiger partial charge on any atom is 0.274 e. The van der Waals surface area contributed by atoms with Crippen molar-refractivity contribution in [3.8, 4) is 5.69 Å². The standard InChI is InChI=1S/C21H23N5O4/c1-15-13-17(22-26(15)16-5-3-2-4-6-16)21(30)24-11-9-23(10-12-24)20(29)14-25-18(27)7-8-19(25)28/h2-6,13H,7-12,14H2,1H3. The molecule has 0 aliphatic carbocycles. The number of carbonyl (C=O) groups excluding carboxylic acids is 4. The SMILES string of the molecule is Cc1cc(C(=O)N2CCN(C(=O)CN3C(=O)CCC3=O)CC2)nn1-c1ccccc1. The number of aryl methyl sites for hydroxylation is 1.